The second kappa shape index (κ2) is 7.72. The van der Waals surface area contributed by atoms with Crippen molar-refractivity contribution < 1.29 is 4.79 Å². The number of rotatable bonds is 6. The lowest BCUT2D eigenvalue weighted by Gasteiger charge is -2.20. The Morgan fingerprint density at radius 1 is 1.13 bits per heavy atom. The van der Waals surface area contributed by atoms with Gasteiger partial charge in [0.1, 0.15) is 5.82 Å². The number of anilines is 1. The first-order valence-corrected chi connectivity index (χ1v) is 10.7. The maximum atomic E-state index is 12.9. The quantitative estimate of drug-likeness (QED) is 0.684. The molecule has 7 nitrogen and oxygen atoms in total. The van der Waals surface area contributed by atoms with E-state index >= 15 is 0 Å². The number of likely N-dealkylation sites (tertiary alicyclic amines) is 1. The molecule has 1 amide bonds. The fourth-order valence-electron chi connectivity index (χ4n) is 4.05. The molecule has 1 aliphatic heterocycles. The van der Waals surface area contributed by atoms with E-state index in [1.165, 1.54) is 12.8 Å². The van der Waals surface area contributed by atoms with Gasteiger partial charge in [0.2, 0.25) is 0 Å². The summed E-state index contributed by atoms with van der Waals surface area (Å²) in [5.41, 5.74) is 3.46. The van der Waals surface area contributed by atoms with Crippen LogP contribution in [0.15, 0.2) is 42.6 Å². The minimum Gasteiger partial charge on any atom is -0.368 e. The van der Waals surface area contributed by atoms with E-state index in [0.29, 0.717) is 6.04 Å². The topological polar surface area (TPSA) is 65.8 Å². The van der Waals surface area contributed by atoms with E-state index in [2.05, 4.69) is 29.3 Å². The Kier molecular flexibility index (Phi) is 4.90. The van der Waals surface area contributed by atoms with Gasteiger partial charge in [-0.15, -0.1) is 5.10 Å². The third-order valence-corrected chi connectivity index (χ3v) is 6.24. The van der Waals surface area contributed by atoms with Gasteiger partial charge >= 0.3 is 0 Å². The number of benzene rings is 1. The van der Waals surface area contributed by atoms with Crippen molar-refractivity contribution in [2.24, 2.45) is 5.92 Å². The van der Waals surface area contributed by atoms with Crippen molar-refractivity contribution >= 4 is 17.4 Å². The molecule has 2 fully saturated rings. The van der Waals surface area contributed by atoms with Gasteiger partial charge < -0.3 is 15.1 Å². The number of hydrogen-bond donors (Lipinski definition) is 1. The van der Waals surface area contributed by atoms with Gasteiger partial charge in [-0.3, -0.25) is 4.79 Å². The normalized spacial score (nSPS) is 19.0. The molecule has 3 heterocycles. The fraction of sp³-hybridized carbons (Fsp3) is 0.435. The van der Waals surface area contributed by atoms with E-state index in [-0.39, 0.29) is 5.91 Å². The van der Waals surface area contributed by atoms with Crippen molar-refractivity contribution in [2.45, 2.75) is 25.3 Å². The van der Waals surface area contributed by atoms with Crippen LogP contribution in [0.25, 0.3) is 16.9 Å². The number of nitrogens with zero attached hydrogens (tertiary/aromatic N) is 5. The lowest BCUT2D eigenvalue weighted by Crippen LogP contribution is -2.34. The minimum atomic E-state index is 0.105. The summed E-state index contributed by atoms with van der Waals surface area (Å²) < 4.78 is 1.87. The van der Waals surface area contributed by atoms with E-state index in [0.717, 1.165) is 60.3 Å². The summed E-state index contributed by atoms with van der Waals surface area (Å²) in [4.78, 5) is 21.5. The lowest BCUT2D eigenvalue weighted by atomic mass is 10.1. The molecule has 1 saturated heterocycles. The highest BCUT2D eigenvalue weighted by Crippen LogP contribution is 2.29. The first-order chi connectivity index (χ1) is 14.6. The van der Waals surface area contributed by atoms with Crippen molar-refractivity contribution in [1.82, 2.24) is 24.4 Å². The van der Waals surface area contributed by atoms with Gasteiger partial charge in [0.15, 0.2) is 5.65 Å². The van der Waals surface area contributed by atoms with E-state index < -0.39 is 0 Å². The molecule has 2 aromatic heterocycles. The van der Waals surface area contributed by atoms with Gasteiger partial charge in [-0.2, -0.15) is 0 Å². The first-order valence-electron chi connectivity index (χ1n) is 10.7. The lowest BCUT2D eigenvalue weighted by molar-refractivity contribution is 0.0783. The van der Waals surface area contributed by atoms with Gasteiger partial charge in [-0.05, 0) is 63.5 Å². The summed E-state index contributed by atoms with van der Waals surface area (Å²) in [5, 5.41) is 8.14. The van der Waals surface area contributed by atoms with Gasteiger partial charge in [0, 0.05) is 36.8 Å². The summed E-state index contributed by atoms with van der Waals surface area (Å²) in [5.74, 6) is 1.76. The zero-order valence-electron chi connectivity index (χ0n) is 17.6. The molecular weight excluding hydrogens is 376 g/mol. The molecule has 1 aromatic carbocycles. The van der Waals surface area contributed by atoms with Crippen LogP contribution in [0.2, 0.25) is 0 Å². The van der Waals surface area contributed by atoms with E-state index in [4.69, 9.17) is 5.10 Å². The molecule has 0 bridgehead atoms. The molecule has 1 saturated carbocycles. The highest BCUT2D eigenvalue weighted by molar-refractivity contribution is 5.95. The van der Waals surface area contributed by atoms with Crippen molar-refractivity contribution in [3.63, 3.8) is 0 Å². The molecule has 156 valence electrons. The van der Waals surface area contributed by atoms with Crippen LogP contribution in [0.5, 0.6) is 0 Å². The molecule has 7 heteroatoms. The first kappa shape index (κ1) is 19.1. The third-order valence-electron chi connectivity index (χ3n) is 6.24. The average molecular weight is 405 g/mol. The average Bonchev–Trinajstić information content (AvgIpc) is 3.29. The zero-order chi connectivity index (χ0) is 20.7. The van der Waals surface area contributed by atoms with E-state index in [1.54, 1.807) is 0 Å². The van der Waals surface area contributed by atoms with Crippen LogP contribution in [0.1, 0.15) is 29.6 Å². The number of hydrogen-bond acceptors (Lipinski definition) is 5. The predicted molar refractivity (Wildman–Crippen MR) is 118 cm³/mol. The van der Waals surface area contributed by atoms with Crippen molar-refractivity contribution in [3.05, 3.63) is 48.2 Å². The maximum absolute atomic E-state index is 12.9. The molecule has 0 spiro atoms. The van der Waals surface area contributed by atoms with Crippen LogP contribution in [-0.2, 0) is 0 Å². The van der Waals surface area contributed by atoms with Gasteiger partial charge in [0.05, 0.1) is 11.9 Å². The Balaban J connectivity index is 1.34. The summed E-state index contributed by atoms with van der Waals surface area (Å²) in [6.07, 6.45) is 5.49. The Hall–Kier alpha value is -2.93. The van der Waals surface area contributed by atoms with Crippen molar-refractivity contribution in [1.29, 1.82) is 0 Å². The van der Waals surface area contributed by atoms with Crippen LogP contribution >= 0.6 is 0 Å². The van der Waals surface area contributed by atoms with E-state index in [9.17, 15) is 4.79 Å². The zero-order valence-corrected chi connectivity index (χ0v) is 17.6. The van der Waals surface area contributed by atoms with Crippen LogP contribution in [0.3, 0.4) is 0 Å². The number of likely N-dealkylation sites (N-methyl/N-ethyl adjacent to an activating group) is 1. The smallest absolute Gasteiger partial charge is 0.253 e. The minimum absolute atomic E-state index is 0.105. The standard InChI is InChI=1S/C23H28N6O/c1-27(2)19-11-12-28(15-19)23(30)18-7-5-17(6-8-18)20-14-25-22-10-9-21(26-29(20)22)24-13-16-3-4-16/h5-10,14,16,19H,3-4,11-13,15H2,1-2H3,(H,24,26). The van der Waals surface area contributed by atoms with Crippen LogP contribution < -0.4 is 5.32 Å². The summed E-state index contributed by atoms with van der Waals surface area (Å²) in [6, 6.07) is 12.2. The van der Waals surface area contributed by atoms with Gasteiger partial charge in [-0.25, -0.2) is 9.50 Å². The van der Waals surface area contributed by atoms with Crippen molar-refractivity contribution in [3.8, 4) is 11.3 Å². The molecule has 5 rings (SSSR count). The Morgan fingerprint density at radius 2 is 1.93 bits per heavy atom. The molecule has 2 aliphatic rings. The molecule has 1 unspecified atom stereocenters. The summed E-state index contributed by atoms with van der Waals surface area (Å²) in [7, 11) is 4.15. The van der Waals surface area contributed by atoms with Crippen LogP contribution in [0.4, 0.5) is 5.82 Å². The number of carbonyl (C=O) groups is 1. The number of nitrogens with one attached hydrogen (secondary N) is 1. The Bertz CT molecular complexity index is 1050. The highest BCUT2D eigenvalue weighted by Gasteiger charge is 2.28. The second-order valence-electron chi connectivity index (χ2n) is 8.69. The van der Waals surface area contributed by atoms with E-state index in [1.807, 2.05) is 52.0 Å². The Labute approximate surface area is 176 Å². The number of imidazole rings is 1. The SMILES string of the molecule is CN(C)C1CCN(C(=O)c2ccc(-c3cnc4ccc(NCC5CC5)nn34)cc2)C1. The molecule has 1 N–H and O–H groups in total. The highest BCUT2D eigenvalue weighted by atomic mass is 16.2. The van der Waals surface area contributed by atoms with Gasteiger partial charge in [-0.1, -0.05) is 12.1 Å². The predicted octanol–water partition coefficient (Wildman–Crippen LogP) is 2.99. The second-order valence-corrected chi connectivity index (χ2v) is 8.69. The number of fused-ring (bicyclic) bond motifs is 1. The monoisotopic (exact) mass is 404 g/mol. The van der Waals surface area contributed by atoms with Gasteiger partial charge in [0.25, 0.3) is 5.91 Å². The fourth-order valence-corrected chi connectivity index (χ4v) is 4.05. The largest absolute Gasteiger partial charge is 0.368 e. The molecule has 3 aromatic rings. The number of aromatic nitrogens is 3. The third kappa shape index (κ3) is 3.77. The molecule has 1 aliphatic carbocycles. The summed E-state index contributed by atoms with van der Waals surface area (Å²) >= 11 is 0. The number of amides is 1. The molecule has 0 radical (unpaired) electrons. The maximum Gasteiger partial charge on any atom is 0.253 e. The molecule has 30 heavy (non-hydrogen) atoms. The molecule has 1 atom stereocenters. The van der Waals surface area contributed by atoms with Crippen molar-refractivity contribution in [2.75, 3.05) is 39.0 Å². The summed E-state index contributed by atoms with van der Waals surface area (Å²) in [6.45, 7) is 2.59. The number of carbonyl (C=O) groups excluding carboxylic acids is 1. The molecular formula is C23H28N6O. The Morgan fingerprint density at radius 3 is 2.63 bits per heavy atom. The van der Waals surface area contributed by atoms with Crippen LogP contribution in [-0.4, -0.2) is 70.1 Å². The van der Waals surface area contributed by atoms with Crippen LogP contribution in [0, 0.1) is 5.92 Å².